The molecular weight excluding hydrogens is 451 g/mol. The van der Waals surface area contributed by atoms with Crippen LogP contribution in [0, 0.1) is 0 Å². The predicted molar refractivity (Wildman–Crippen MR) is 121 cm³/mol. The molecule has 2 aromatic carbocycles. The number of benzene rings is 2. The number of amides is 1. The molecule has 4 rings (SSSR count). The number of carbonyl (C=O) groups excluding carboxylic acids is 1. The molecule has 1 unspecified atom stereocenters. The summed E-state index contributed by atoms with van der Waals surface area (Å²) in [7, 11) is 0. The van der Waals surface area contributed by atoms with Crippen molar-refractivity contribution in [1.82, 2.24) is 14.8 Å². The smallest absolute Gasteiger partial charge is 0.339 e. The van der Waals surface area contributed by atoms with Crippen molar-refractivity contribution in [3.63, 3.8) is 0 Å². The molecule has 1 amide bonds. The molecule has 1 fully saturated rings. The fraction of sp³-hybridized carbons (Fsp3) is 0.280. The van der Waals surface area contributed by atoms with E-state index in [0.717, 1.165) is 17.2 Å². The number of hydrogen-bond acceptors (Lipinski definition) is 3. The third-order valence-corrected chi connectivity index (χ3v) is 6.12. The third-order valence-electron chi connectivity index (χ3n) is 5.87. The van der Waals surface area contributed by atoms with E-state index in [1.807, 2.05) is 23.1 Å². The molecule has 2 heterocycles. The van der Waals surface area contributed by atoms with Crippen LogP contribution in [0.4, 0.5) is 13.2 Å². The van der Waals surface area contributed by atoms with E-state index in [9.17, 15) is 18.0 Å². The summed E-state index contributed by atoms with van der Waals surface area (Å²) in [6, 6.07) is 16.5. The molecule has 8 heteroatoms. The molecule has 1 aliphatic heterocycles. The van der Waals surface area contributed by atoms with Crippen molar-refractivity contribution < 1.29 is 18.0 Å². The lowest BCUT2D eigenvalue weighted by molar-refractivity contribution is -0.138. The molecule has 1 atom stereocenters. The number of halogens is 4. The monoisotopic (exact) mass is 473 g/mol. The summed E-state index contributed by atoms with van der Waals surface area (Å²) in [5.74, 6) is -0.575. The Balaban J connectivity index is 1.47. The molecule has 0 aliphatic carbocycles. The first-order chi connectivity index (χ1) is 15.8. The highest BCUT2D eigenvalue weighted by Gasteiger charge is 2.34. The van der Waals surface area contributed by atoms with Crippen LogP contribution in [0.25, 0.3) is 0 Å². The van der Waals surface area contributed by atoms with Crippen molar-refractivity contribution in [2.24, 2.45) is 0 Å². The van der Waals surface area contributed by atoms with Gasteiger partial charge in [-0.25, -0.2) is 0 Å². The second-order valence-electron chi connectivity index (χ2n) is 8.03. The molecule has 0 bridgehead atoms. The van der Waals surface area contributed by atoms with Gasteiger partial charge in [-0.2, -0.15) is 13.2 Å². The van der Waals surface area contributed by atoms with E-state index in [1.165, 1.54) is 12.1 Å². The topological polar surface area (TPSA) is 36.4 Å². The van der Waals surface area contributed by atoms with E-state index in [4.69, 9.17) is 11.6 Å². The first-order valence-corrected chi connectivity index (χ1v) is 11.0. The lowest BCUT2D eigenvalue weighted by Gasteiger charge is -2.37. The van der Waals surface area contributed by atoms with Gasteiger partial charge in [-0.3, -0.25) is 14.7 Å². The fourth-order valence-electron chi connectivity index (χ4n) is 4.16. The van der Waals surface area contributed by atoms with Crippen LogP contribution in [0.3, 0.4) is 0 Å². The number of carbonyl (C=O) groups is 1. The molecule has 0 radical (unpaired) electrons. The number of nitrogens with zero attached hydrogens (tertiary/aromatic N) is 3. The van der Waals surface area contributed by atoms with Gasteiger partial charge in [0.1, 0.15) is 0 Å². The highest BCUT2D eigenvalue weighted by molar-refractivity contribution is 6.30. The summed E-state index contributed by atoms with van der Waals surface area (Å²) in [5, 5.41) is 0.587. The highest BCUT2D eigenvalue weighted by Crippen LogP contribution is 2.33. The zero-order valence-corrected chi connectivity index (χ0v) is 18.6. The molecule has 1 saturated heterocycles. The van der Waals surface area contributed by atoms with Crippen molar-refractivity contribution in [2.45, 2.75) is 18.6 Å². The molecule has 172 valence electrons. The van der Waals surface area contributed by atoms with Gasteiger partial charge in [-0.1, -0.05) is 48.0 Å². The van der Waals surface area contributed by atoms with Crippen molar-refractivity contribution in [2.75, 3.05) is 26.2 Å². The van der Waals surface area contributed by atoms with E-state index in [1.54, 1.807) is 41.6 Å². The lowest BCUT2D eigenvalue weighted by atomic mass is 9.91. The number of hydrogen-bond donors (Lipinski definition) is 0. The standard InChI is InChI=1S/C25H23ClF3N3O/c26-21-9-7-18(8-10-21)23(19-5-3-11-30-16-19)24(33)32-14-12-31(13-15-32)17-20-4-1-2-6-22(20)25(27,28)29/h1-11,16,23H,12-15,17H2. The summed E-state index contributed by atoms with van der Waals surface area (Å²) in [5.41, 5.74) is 1.24. The van der Waals surface area contributed by atoms with Crippen LogP contribution in [0.15, 0.2) is 73.1 Å². The Morgan fingerprint density at radius 2 is 1.64 bits per heavy atom. The Kier molecular flexibility index (Phi) is 7.00. The quantitative estimate of drug-likeness (QED) is 0.509. The van der Waals surface area contributed by atoms with Crippen LogP contribution >= 0.6 is 11.6 Å². The van der Waals surface area contributed by atoms with Gasteiger partial charge in [0.05, 0.1) is 11.5 Å². The average molecular weight is 474 g/mol. The minimum absolute atomic E-state index is 0.0549. The Bertz CT molecular complexity index is 1080. The van der Waals surface area contributed by atoms with Gasteiger partial charge in [-0.05, 0) is 41.0 Å². The zero-order valence-electron chi connectivity index (χ0n) is 17.8. The van der Waals surface area contributed by atoms with Gasteiger partial charge in [0.15, 0.2) is 0 Å². The molecule has 1 aliphatic rings. The maximum atomic E-state index is 13.5. The molecule has 3 aromatic rings. The van der Waals surface area contributed by atoms with E-state index in [0.29, 0.717) is 31.2 Å². The summed E-state index contributed by atoms with van der Waals surface area (Å²) in [6.07, 6.45) is -1.05. The van der Waals surface area contributed by atoms with Gasteiger partial charge >= 0.3 is 6.18 Å². The van der Waals surface area contributed by atoms with Crippen LogP contribution in [-0.2, 0) is 17.5 Å². The van der Waals surface area contributed by atoms with Gasteiger partial charge in [0.2, 0.25) is 5.91 Å². The van der Waals surface area contributed by atoms with Gasteiger partial charge in [0, 0.05) is 50.1 Å². The van der Waals surface area contributed by atoms with Crippen molar-refractivity contribution in [1.29, 1.82) is 0 Å². The van der Waals surface area contributed by atoms with Gasteiger partial charge < -0.3 is 4.90 Å². The summed E-state index contributed by atoms with van der Waals surface area (Å²) >= 11 is 6.03. The van der Waals surface area contributed by atoms with Crippen LogP contribution in [0.2, 0.25) is 5.02 Å². The SMILES string of the molecule is O=C(C(c1ccc(Cl)cc1)c1cccnc1)N1CCN(Cc2ccccc2C(F)(F)F)CC1. The maximum Gasteiger partial charge on any atom is 0.416 e. The second-order valence-corrected chi connectivity index (χ2v) is 8.46. The molecular formula is C25H23ClF3N3O. The van der Waals surface area contributed by atoms with E-state index >= 15 is 0 Å². The maximum absolute atomic E-state index is 13.5. The van der Waals surface area contributed by atoms with Gasteiger partial charge in [0.25, 0.3) is 0 Å². The Labute approximate surface area is 195 Å². The van der Waals surface area contributed by atoms with E-state index in [-0.39, 0.29) is 18.0 Å². The molecule has 4 nitrogen and oxygen atoms in total. The van der Waals surface area contributed by atoms with Crippen LogP contribution < -0.4 is 0 Å². The Hall–Kier alpha value is -2.90. The first kappa shape index (κ1) is 23.3. The molecule has 33 heavy (non-hydrogen) atoms. The highest BCUT2D eigenvalue weighted by atomic mass is 35.5. The van der Waals surface area contributed by atoms with Crippen molar-refractivity contribution in [3.05, 3.63) is 100 Å². The van der Waals surface area contributed by atoms with Crippen LogP contribution in [0.1, 0.15) is 28.2 Å². The lowest BCUT2D eigenvalue weighted by Crippen LogP contribution is -2.49. The molecule has 0 saturated carbocycles. The fourth-order valence-corrected chi connectivity index (χ4v) is 4.29. The first-order valence-electron chi connectivity index (χ1n) is 10.6. The number of piperazine rings is 1. The molecule has 1 aromatic heterocycles. The molecule has 0 spiro atoms. The predicted octanol–water partition coefficient (Wildman–Crippen LogP) is 5.23. The van der Waals surface area contributed by atoms with E-state index < -0.39 is 17.7 Å². The minimum atomic E-state index is -4.39. The van der Waals surface area contributed by atoms with E-state index in [2.05, 4.69) is 4.98 Å². The minimum Gasteiger partial charge on any atom is -0.339 e. The largest absolute Gasteiger partial charge is 0.416 e. The number of alkyl halides is 3. The summed E-state index contributed by atoms with van der Waals surface area (Å²) in [4.78, 5) is 21.4. The number of rotatable bonds is 5. The number of pyridine rings is 1. The van der Waals surface area contributed by atoms with Crippen LogP contribution in [0.5, 0.6) is 0 Å². The van der Waals surface area contributed by atoms with Crippen molar-refractivity contribution in [3.8, 4) is 0 Å². The van der Waals surface area contributed by atoms with Crippen molar-refractivity contribution >= 4 is 17.5 Å². The van der Waals surface area contributed by atoms with Gasteiger partial charge in [-0.15, -0.1) is 0 Å². The summed E-state index contributed by atoms with van der Waals surface area (Å²) in [6.45, 7) is 2.08. The number of aromatic nitrogens is 1. The van der Waals surface area contributed by atoms with Crippen LogP contribution in [-0.4, -0.2) is 46.9 Å². The zero-order chi connectivity index (χ0) is 23.4. The Morgan fingerprint density at radius 1 is 0.939 bits per heavy atom. The second kappa shape index (κ2) is 9.93. The molecule has 0 N–H and O–H groups in total. The average Bonchev–Trinajstić information content (AvgIpc) is 2.81. The third kappa shape index (κ3) is 5.54. The Morgan fingerprint density at radius 3 is 2.27 bits per heavy atom. The summed E-state index contributed by atoms with van der Waals surface area (Å²) < 4.78 is 40.0. The normalized spacial score (nSPS) is 15.9.